The number of hydrogen-bond acceptors (Lipinski definition) is 6. The van der Waals surface area contributed by atoms with Crippen molar-refractivity contribution in [2.45, 2.75) is 13.0 Å². The predicted octanol–water partition coefficient (Wildman–Crippen LogP) is 3.97. The highest BCUT2D eigenvalue weighted by molar-refractivity contribution is 7.18. The molecule has 150 valence electrons. The summed E-state index contributed by atoms with van der Waals surface area (Å²) in [4.78, 5) is 38.4. The Morgan fingerprint density at radius 2 is 1.86 bits per heavy atom. The average Bonchev–Trinajstić information content (AvgIpc) is 3.43. The number of anilines is 1. The second-order valence-corrected chi connectivity index (χ2v) is 7.35. The van der Waals surface area contributed by atoms with Gasteiger partial charge in [-0.15, -0.1) is 11.3 Å². The Labute approximate surface area is 171 Å². The first-order valence-corrected chi connectivity index (χ1v) is 9.70. The highest BCUT2D eigenvalue weighted by Crippen LogP contribution is 2.24. The third-order valence-electron chi connectivity index (χ3n) is 4.37. The maximum atomic E-state index is 12.4. The summed E-state index contributed by atoms with van der Waals surface area (Å²) in [6, 6.07) is 15.7. The van der Waals surface area contributed by atoms with Crippen molar-refractivity contribution in [3.63, 3.8) is 0 Å². The van der Waals surface area contributed by atoms with Crippen molar-refractivity contribution in [1.82, 2.24) is 4.90 Å². The molecule has 1 N–H and O–H groups in total. The quantitative estimate of drug-likeness (QED) is 0.593. The van der Waals surface area contributed by atoms with E-state index >= 15 is 0 Å². The Bertz CT molecular complexity index is 982. The number of furan rings is 1. The van der Waals surface area contributed by atoms with Gasteiger partial charge in [0.05, 0.1) is 17.3 Å². The second-order valence-electron chi connectivity index (χ2n) is 6.26. The van der Waals surface area contributed by atoms with Gasteiger partial charge >= 0.3 is 5.97 Å². The Morgan fingerprint density at radius 1 is 1.10 bits per heavy atom. The van der Waals surface area contributed by atoms with Gasteiger partial charge in [0, 0.05) is 7.05 Å². The van der Waals surface area contributed by atoms with Crippen LogP contribution in [0.4, 0.5) is 5.00 Å². The van der Waals surface area contributed by atoms with Crippen molar-refractivity contribution in [2.24, 2.45) is 0 Å². The second kappa shape index (κ2) is 9.20. The number of carbonyl (C=O) groups is 3. The molecule has 2 aromatic heterocycles. The van der Waals surface area contributed by atoms with E-state index in [9.17, 15) is 14.4 Å². The number of nitrogens with zero attached hydrogens (tertiary/aromatic N) is 1. The third-order valence-corrected chi connectivity index (χ3v) is 5.35. The van der Waals surface area contributed by atoms with E-state index in [4.69, 9.17) is 9.15 Å². The minimum atomic E-state index is -0.623. The molecule has 7 nitrogen and oxygen atoms in total. The van der Waals surface area contributed by atoms with Gasteiger partial charge in [-0.05, 0) is 36.8 Å². The highest BCUT2D eigenvalue weighted by Gasteiger charge is 2.20. The van der Waals surface area contributed by atoms with Crippen LogP contribution in [0.5, 0.6) is 0 Å². The predicted molar refractivity (Wildman–Crippen MR) is 109 cm³/mol. The monoisotopic (exact) mass is 412 g/mol. The Kier molecular flexibility index (Phi) is 6.46. The van der Waals surface area contributed by atoms with Gasteiger partial charge < -0.3 is 19.4 Å². The number of nitrogens with one attached hydrogen (secondary N) is 1. The molecule has 0 aliphatic rings. The van der Waals surface area contributed by atoms with Crippen LogP contribution in [0.25, 0.3) is 0 Å². The van der Waals surface area contributed by atoms with Crippen LogP contribution >= 0.6 is 11.3 Å². The molecule has 0 aliphatic carbocycles. The van der Waals surface area contributed by atoms with E-state index in [1.165, 1.54) is 23.3 Å². The summed E-state index contributed by atoms with van der Waals surface area (Å²) in [7, 11) is 1.67. The molecule has 0 aliphatic heterocycles. The van der Waals surface area contributed by atoms with Crippen molar-refractivity contribution in [3.8, 4) is 0 Å². The molecule has 1 unspecified atom stereocenters. The number of benzene rings is 1. The molecule has 0 fully saturated rings. The van der Waals surface area contributed by atoms with Crippen LogP contribution in [0.3, 0.4) is 0 Å². The SMILES string of the molecule is CC(c1ccccc1)N(C)C(=O)COC(=O)c1ccc(NC(=O)c2ccco2)s1. The normalized spacial score (nSPS) is 11.5. The molecule has 0 bridgehead atoms. The van der Waals surface area contributed by atoms with Gasteiger partial charge in [-0.1, -0.05) is 30.3 Å². The fraction of sp³-hybridized carbons (Fsp3) is 0.190. The number of hydrogen-bond donors (Lipinski definition) is 1. The summed E-state index contributed by atoms with van der Waals surface area (Å²) >= 11 is 1.06. The molecule has 0 saturated heterocycles. The van der Waals surface area contributed by atoms with Crippen LogP contribution < -0.4 is 5.32 Å². The standard InChI is InChI=1S/C21H20N2O5S/c1-14(15-7-4-3-5-8-15)23(2)19(24)13-28-21(26)17-10-11-18(29-17)22-20(25)16-9-6-12-27-16/h3-12,14H,13H2,1-2H3,(H,22,25). The van der Waals surface area contributed by atoms with Crippen LogP contribution in [-0.2, 0) is 9.53 Å². The molecule has 0 saturated carbocycles. The third kappa shape index (κ3) is 5.11. The molecular weight excluding hydrogens is 392 g/mol. The fourth-order valence-electron chi connectivity index (χ4n) is 2.57. The van der Waals surface area contributed by atoms with Crippen LogP contribution in [0.15, 0.2) is 65.3 Å². The summed E-state index contributed by atoms with van der Waals surface area (Å²) in [5.41, 5.74) is 0.991. The van der Waals surface area contributed by atoms with Gasteiger partial charge in [0.2, 0.25) is 0 Å². The lowest BCUT2D eigenvalue weighted by atomic mass is 10.1. The zero-order valence-corrected chi connectivity index (χ0v) is 16.8. The molecule has 3 aromatic rings. The van der Waals surface area contributed by atoms with Gasteiger partial charge in [-0.2, -0.15) is 0 Å². The van der Waals surface area contributed by atoms with Gasteiger partial charge in [0.25, 0.3) is 11.8 Å². The van der Waals surface area contributed by atoms with Gasteiger partial charge in [0.1, 0.15) is 4.88 Å². The summed E-state index contributed by atoms with van der Waals surface area (Å²) in [6.45, 7) is 1.54. The zero-order valence-electron chi connectivity index (χ0n) is 16.0. The van der Waals surface area contributed by atoms with E-state index in [0.717, 1.165) is 16.9 Å². The van der Waals surface area contributed by atoms with E-state index in [1.54, 1.807) is 19.2 Å². The largest absolute Gasteiger partial charge is 0.459 e. The van der Waals surface area contributed by atoms with E-state index in [0.29, 0.717) is 5.00 Å². The number of carbonyl (C=O) groups excluding carboxylic acids is 3. The zero-order chi connectivity index (χ0) is 20.8. The number of thiophene rings is 1. The summed E-state index contributed by atoms with van der Waals surface area (Å²) in [6.07, 6.45) is 1.40. The lowest BCUT2D eigenvalue weighted by Crippen LogP contribution is -2.33. The molecule has 8 heteroatoms. The van der Waals surface area contributed by atoms with Crippen molar-refractivity contribution in [2.75, 3.05) is 19.0 Å². The van der Waals surface area contributed by atoms with Crippen LogP contribution in [0, 0.1) is 0 Å². The average molecular weight is 412 g/mol. The van der Waals surface area contributed by atoms with E-state index in [2.05, 4.69) is 5.32 Å². The first-order chi connectivity index (χ1) is 14.0. The van der Waals surface area contributed by atoms with Crippen molar-refractivity contribution in [1.29, 1.82) is 0 Å². The maximum absolute atomic E-state index is 12.4. The lowest BCUT2D eigenvalue weighted by Gasteiger charge is -2.25. The van der Waals surface area contributed by atoms with Crippen LogP contribution in [0.2, 0.25) is 0 Å². The first-order valence-electron chi connectivity index (χ1n) is 8.88. The van der Waals surface area contributed by atoms with Gasteiger partial charge in [-0.25, -0.2) is 4.79 Å². The summed E-state index contributed by atoms with van der Waals surface area (Å²) in [5.74, 6) is -1.17. The number of esters is 1. The fourth-order valence-corrected chi connectivity index (χ4v) is 3.36. The minimum Gasteiger partial charge on any atom is -0.459 e. The number of likely N-dealkylation sites (N-methyl/N-ethyl adjacent to an activating group) is 1. The lowest BCUT2D eigenvalue weighted by molar-refractivity contribution is -0.135. The molecule has 0 spiro atoms. The molecule has 2 heterocycles. The minimum absolute atomic E-state index is 0.146. The first kappa shape index (κ1) is 20.3. The molecule has 3 rings (SSSR count). The van der Waals surface area contributed by atoms with Crippen molar-refractivity contribution < 1.29 is 23.5 Å². The highest BCUT2D eigenvalue weighted by atomic mass is 32.1. The van der Waals surface area contributed by atoms with Gasteiger partial charge in [0.15, 0.2) is 12.4 Å². The Morgan fingerprint density at radius 3 is 2.55 bits per heavy atom. The molecule has 1 aromatic carbocycles. The number of amides is 2. The van der Waals surface area contributed by atoms with E-state index < -0.39 is 11.9 Å². The van der Waals surface area contributed by atoms with Gasteiger partial charge in [-0.3, -0.25) is 9.59 Å². The molecule has 2 amide bonds. The molecular formula is C21H20N2O5S. The summed E-state index contributed by atoms with van der Waals surface area (Å²) < 4.78 is 10.2. The van der Waals surface area contributed by atoms with E-state index in [-0.39, 0.29) is 29.2 Å². The van der Waals surface area contributed by atoms with Crippen LogP contribution in [0.1, 0.15) is 38.8 Å². The maximum Gasteiger partial charge on any atom is 0.348 e. The topological polar surface area (TPSA) is 88.9 Å². The summed E-state index contributed by atoms with van der Waals surface area (Å²) in [5, 5.41) is 3.11. The molecule has 29 heavy (non-hydrogen) atoms. The van der Waals surface area contributed by atoms with Crippen molar-refractivity contribution in [3.05, 3.63) is 77.1 Å². The van der Waals surface area contributed by atoms with Crippen LogP contribution in [-0.4, -0.2) is 36.3 Å². The number of rotatable bonds is 7. The number of ether oxygens (including phenoxy) is 1. The Hall–Kier alpha value is -3.39. The Balaban J connectivity index is 1.52. The van der Waals surface area contributed by atoms with E-state index in [1.807, 2.05) is 37.3 Å². The smallest absolute Gasteiger partial charge is 0.348 e. The molecule has 0 radical (unpaired) electrons. The molecule has 1 atom stereocenters. The van der Waals surface area contributed by atoms with Crippen molar-refractivity contribution >= 4 is 34.1 Å².